The molecule has 3 saturated heterocycles. The molecule has 0 radical (unpaired) electrons. The standard InChI is InChI=1S/C18H31N3O4S/c1-13(2)16-17-14(21(18(16)23)26(3,24)25)7-12-20(17)15(22)8-11-19-9-5-4-6-10-19/h13-14,16-17H,4-12H2,1-3H3/t14-,16?,17-/m0/s1. The van der Waals surface area contributed by atoms with E-state index < -0.39 is 22.0 Å². The number of fused-ring (bicyclic) bond motifs is 1. The third-order valence-corrected chi connectivity index (χ3v) is 7.24. The minimum atomic E-state index is -3.61. The van der Waals surface area contributed by atoms with E-state index in [0.29, 0.717) is 19.4 Å². The monoisotopic (exact) mass is 385 g/mol. The highest BCUT2D eigenvalue weighted by Gasteiger charge is 2.58. The van der Waals surface area contributed by atoms with Crippen molar-refractivity contribution in [3.8, 4) is 0 Å². The number of rotatable bonds is 5. The van der Waals surface area contributed by atoms with Crippen LogP contribution in [-0.4, -0.2) is 78.9 Å². The van der Waals surface area contributed by atoms with Crippen LogP contribution in [0.1, 0.15) is 46.0 Å². The lowest BCUT2D eigenvalue weighted by molar-refractivity contribution is -0.135. The van der Waals surface area contributed by atoms with Gasteiger partial charge in [-0.1, -0.05) is 20.3 Å². The Labute approximate surface area is 156 Å². The van der Waals surface area contributed by atoms with Gasteiger partial charge in [0.15, 0.2) is 0 Å². The Kier molecular flexibility index (Phi) is 5.63. The van der Waals surface area contributed by atoms with Gasteiger partial charge in [0.2, 0.25) is 21.8 Å². The molecular formula is C18H31N3O4S. The summed E-state index contributed by atoms with van der Waals surface area (Å²) in [5, 5.41) is 0. The lowest BCUT2D eigenvalue weighted by Gasteiger charge is -2.31. The number of amides is 2. The van der Waals surface area contributed by atoms with Crippen molar-refractivity contribution < 1.29 is 18.0 Å². The number of sulfonamides is 1. The molecule has 0 bridgehead atoms. The zero-order chi connectivity index (χ0) is 19.1. The van der Waals surface area contributed by atoms with Crippen LogP contribution in [0, 0.1) is 11.8 Å². The topological polar surface area (TPSA) is 78.0 Å². The minimum Gasteiger partial charge on any atom is -0.337 e. The first-order valence-corrected chi connectivity index (χ1v) is 11.6. The average Bonchev–Trinajstić information content (AvgIpc) is 3.08. The maximum atomic E-state index is 12.9. The van der Waals surface area contributed by atoms with Crippen LogP contribution < -0.4 is 0 Å². The highest BCUT2D eigenvalue weighted by molar-refractivity contribution is 7.88. The first-order chi connectivity index (χ1) is 12.2. The number of carbonyl (C=O) groups is 2. The van der Waals surface area contributed by atoms with Crippen molar-refractivity contribution in [3.63, 3.8) is 0 Å². The normalized spacial score (nSPS) is 30.3. The van der Waals surface area contributed by atoms with E-state index in [1.54, 1.807) is 4.90 Å². The molecule has 0 aromatic rings. The molecule has 148 valence electrons. The molecule has 3 fully saturated rings. The Morgan fingerprint density at radius 3 is 2.38 bits per heavy atom. The first-order valence-electron chi connectivity index (χ1n) is 9.77. The second-order valence-electron chi connectivity index (χ2n) is 8.25. The smallest absolute Gasteiger partial charge is 0.241 e. The van der Waals surface area contributed by atoms with Gasteiger partial charge in [-0.25, -0.2) is 12.7 Å². The van der Waals surface area contributed by atoms with E-state index in [1.165, 1.54) is 19.3 Å². The van der Waals surface area contributed by atoms with Crippen LogP contribution in [0.3, 0.4) is 0 Å². The third-order valence-electron chi connectivity index (χ3n) is 6.08. The van der Waals surface area contributed by atoms with Crippen molar-refractivity contribution >= 4 is 21.8 Å². The molecule has 8 heteroatoms. The Morgan fingerprint density at radius 1 is 1.15 bits per heavy atom. The van der Waals surface area contributed by atoms with E-state index >= 15 is 0 Å². The molecule has 0 aliphatic carbocycles. The van der Waals surface area contributed by atoms with Crippen LogP contribution in [0.2, 0.25) is 0 Å². The highest BCUT2D eigenvalue weighted by atomic mass is 32.2. The van der Waals surface area contributed by atoms with E-state index in [2.05, 4.69) is 4.90 Å². The van der Waals surface area contributed by atoms with Crippen molar-refractivity contribution in [2.45, 2.75) is 58.0 Å². The van der Waals surface area contributed by atoms with Crippen molar-refractivity contribution in [1.29, 1.82) is 0 Å². The molecule has 1 unspecified atom stereocenters. The van der Waals surface area contributed by atoms with Crippen LogP contribution in [0.15, 0.2) is 0 Å². The summed E-state index contributed by atoms with van der Waals surface area (Å²) in [6.07, 6.45) is 5.72. The predicted octanol–water partition coefficient (Wildman–Crippen LogP) is 0.906. The van der Waals surface area contributed by atoms with Crippen molar-refractivity contribution in [1.82, 2.24) is 14.1 Å². The number of carbonyl (C=O) groups excluding carboxylic acids is 2. The summed E-state index contributed by atoms with van der Waals surface area (Å²) in [7, 11) is -3.61. The summed E-state index contributed by atoms with van der Waals surface area (Å²) in [6.45, 7) is 7.25. The summed E-state index contributed by atoms with van der Waals surface area (Å²) < 4.78 is 25.4. The van der Waals surface area contributed by atoms with Gasteiger partial charge in [-0.2, -0.15) is 0 Å². The zero-order valence-electron chi connectivity index (χ0n) is 16.1. The van der Waals surface area contributed by atoms with Crippen LogP contribution in [0.25, 0.3) is 0 Å². The molecule has 0 saturated carbocycles. The Bertz CT molecular complexity index is 657. The summed E-state index contributed by atoms with van der Waals surface area (Å²) in [6, 6.07) is -0.713. The van der Waals surface area contributed by atoms with Crippen molar-refractivity contribution in [3.05, 3.63) is 0 Å². The molecule has 3 aliphatic heterocycles. The molecule has 26 heavy (non-hydrogen) atoms. The molecular weight excluding hydrogens is 354 g/mol. The van der Waals surface area contributed by atoms with Crippen molar-refractivity contribution in [2.24, 2.45) is 11.8 Å². The van der Waals surface area contributed by atoms with Gasteiger partial charge in [0, 0.05) is 19.5 Å². The van der Waals surface area contributed by atoms with Gasteiger partial charge >= 0.3 is 0 Å². The lowest BCUT2D eigenvalue weighted by atomic mass is 9.88. The van der Waals surface area contributed by atoms with E-state index in [9.17, 15) is 18.0 Å². The summed E-state index contributed by atoms with van der Waals surface area (Å²) >= 11 is 0. The van der Waals surface area contributed by atoms with Gasteiger partial charge in [-0.15, -0.1) is 0 Å². The molecule has 7 nitrogen and oxygen atoms in total. The fourth-order valence-electron chi connectivity index (χ4n) is 4.90. The van der Waals surface area contributed by atoms with Gasteiger partial charge in [-0.3, -0.25) is 9.59 Å². The van der Waals surface area contributed by atoms with E-state index in [1.807, 2.05) is 13.8 Å². The number of hydrogen-bond acceptors (Lipinski definition) is 5. The van der Waals surface area contributed by atoms with Crippen LogP contribution in [0.5, 0.6) is 0 Å². The predicted molar refractivity (Wildman–Crippen MR) is 98.8 cm³/mol. The van der Waals surface area contributed by atoms with Crippen LogP contribution in [0.4, 0.5) is 0 Å². The zero-order valence-corrected chi connectivity index (χ0v) is 16.9. The second kappa shape index (κ2) is 7.46. The average molecular weight is 386 g/mol. The summed E-state index contributed by atoms with van der Waals surface area (Å²) in [5.74, 6) is -0.726. The fraction of sp³-hybridized carbons (Fsp3) is 0.889. The Morgan fingerprint density at radius 2 is 1.81 bits per heavy atom. The minimum absolute atomic E-state index is 0.00255. The molecule has 3 aliphatic rings. The van der Waals surface area contributed by atoms with Crippen LogP contribution >= 0.6 is 0 Å². The molecule has 3 heterocycles. The van der Waals surface area contributed by atoms with E-state index in [-0.39, 0.29) is 23.8 Å². The first kappa shape index (κ1) is 19.6. The molecule has 0 spiro atoms. The fourth-order valence-corrected chi connectivity index (χ4v) is 6.08. The van der Waals surface area contributed by atoms with Gasteiger partial charge in [0.05, 0.1) is 24.3 Å². The van der Waals surface area contributed by atoms with Gasteiger partial charge in [0.25, 0.3) is 0 Å². The van der Waals surface area contributed by atoms with Gasteiger partial charge in [0.1, 0.15) is 0 Å². The third kappa shape index (κ3) is 3.63. The quantitative estimate of drug-likeness (QED) is 0.703. The van der Waals surface area contributed by atoms with E-state index in [4.69, 9.17) is 0 Å². The molecule has 3 rings (SSSR count). The molecule has 0 aromatic carbocycles. The van der Waals surface area contributed by atoms with Gasteiger partial charge in [-0.05, 0) is 38.3 Å². The van der Waals surface area contributed by atoms with E-state index in [0.717, 1.165) is 30.2 Å². The van der Waals surface area contributed by atoms with Gasteiger partial charge < -0.3 is 9.80 Å². The number of likely N-dealkylation sites (tertiary alicyclic amines) is 2. The highest BCUT2D eigenvalue weighted by Crippen LogP contribution is 2.41. The summed E-state index contributed by atoms with van der Waals surface area (Å²) in [5.41, 5.74) is 0. The molecule has 0 N–H and O–H groups in total. The number of hydrogen-bond donors (Lipinski definition) is 0. The Balaban J connectivity index is 1.73. The maximum absolute atomic E-state index is 12.9. The SMILES string of the molecule is CC(C)C1C(=O)N(S(C)(=O)=O)[C@H]2CCN(C(=O)CCN3CCCCC3)[C@H]12. The van der Waals surface area contributed by atoms with Crippen LogP contribution in [-0.2, 0) is 19.6 Å². The number of nitrogens with zero attached hydrogens (tertiary/aromatic N) is 3. The number of piperidine rings is 1. The Hall–Kier alpha value is -1.15. The largest absolute Gasteiger partial charge is 0.337 e. The summed E-state index contributed by atoms with van der Waals surface area (Å²) in [4.78, 5) is 29.8. The maximum Gasteiger partial charge on any atom is 0.241 e. The molecule has 2 amide bonds. The molecule has 3 atom stereocenters. The lowest BCUT2D eigenvalue weighted by Crippen LogP contribution is -2.45. The molecule has 0 aromatic heterocycles. The second-order valence-corrected chi connectivity index (χ2v) is 10.1. The van der Waals surface area contributed by atoms with Crippen molar-refractivity contribution in [2.75, 3.05) is 32.4 Å².